The van der Waals surface area contributed by atoms with Crippen LogP contribution in [0.2, 0.25) is 0 Å². The summed E-state index contributed by atoms with van der Waals surface area (Å²) in [5.41, 5.74) is 0. The van der Waals surface area contributed by atoms with Gasteiger partial charge in [0.1, 0.15) is 0 Å². The van der Waals surface area contributed by atoms with E-state index in [9.17, 15) is 0 Å². The summed E-state index contributed by atoms with van der Waals surface area (Å²) >= 11 is 0. The van der Waals surface area contributed by atoms with Crippen molar-refractivity contribution < 1.29 is 32.7 Å². The van der Waals surface area contributed by atoms with Crippen LogP contribution in [0.3, 0.4) is 0 Å². The fourth-order valence-electron chi connectivity index (χ4n) is 0.687. The molecule has 0 rings (SSSR count). The van der Waals surface area contributed by atoms with E-state index in [0.717, 1.165) is 6.42 Å². The van der Waals surface area contributed by atoms with Crippen molar-refractivity contribution in [1.29, 1.82) is 0 Å². The molecule has 0 heterocycles. The number of hydrogen-bond acceptors (Lipinski definition) is 0. The van der Waals surface area contributed by atoms with E-state index in [2.05, 4.69) is 27.7 Å². The predicted octanol–water partition coefficient (Wildman–Crippen LogP) is 2.31. The number of hydrogen-bond donors (Lipinski definition) is 0. The van der Waals surface area contributed by atoms with Crippen molar-refractivity contribution in [2.45, 2.75) is 20.3 Å². The van der Waals surface area contributed by atoms with Gasteiger partial charge in [-0.25, -0.2) is 0 Å². The zero-order valence-electron chi connectivity index (χ0n) is 5.85. The van der Waals surface area contributed by atoms with Gasteiger partial charge in [0, 0.05) is 32.7 Å². The van der Waals surface area contributed by atoms with Gasteiger partial charge in [0.25, 0.3) is 0 Å². The van der Waals surface area contributed by atoms with Crippen LogP contribution < -0.4 is 0 Å². The summed E-state index contributed by atoms with van der Waals surface area (Å²) in [5.74, 6) is 1.12. The van der Waals surface area contributed by atoms with Crippen LogP contribution in [-0.4, -0.2) is 0 Å². The largest absolute Gasteiger partial charge is 0.341 e. The molecular weight excluding hydrogens is 173 g/mol. The summed E-state index contributed by atoms with van der Waals surface area (Å²) in [6, 6.07) is 0. The van der Waals surface area contributed by atoms with E-state index in [0.29, 0.717) is 11.8 Å². The van der Waals surface area contributed by atoms with Gasteiger partial charge in [0.15, 0.2) is 0 Å². The molecule has 0 saturated carbocycles. The third-order valence-electron chi connectivity index (χ3n) is 0.805. The van der Waals surface area contributed by atoms with Crippen molar-refractivity contribution in [2.24, 2.45) is 11.8 Å². The Morgan fingerprint density at radius 3 is 1.38 bits per heavy atom. The molecule has 0 aromatic carbocycles. The average molecular weight is 187 g/mol. The van der Waals surface area contributed by atoms with Crippen molar-refractivity contribution in [3.8, 4) is 0 Å². The first kappa shape index (κ1) is 11.8. The molecule has 0 aliphatic heterocycles. The first-order valence-electron chi connectivity index (χ1n) is 2.79. The van der Waals surface area contributed by atoms with Crippen molar-refractivity contribution in [3.63, 3.8) is 0 Å². The first-order chi connectivity index (χ1) is 3.13. The molecule has 0 bridgehead atoms. The molecule has 0 N–H and O–H groups in total. The van der Waals surface area contributed by atoms with Gasteiger partial charge in [-0.1, -0.05) is 13.8 Å². The van der Waals surface area contributed by atoms with Crippen LogP contribution in [-0.2, 0) is 32.7 Å². The van der Waals surface area contributed by atoms with Crippen molar-refractivity contribution in [3.05, 3.63) is 13.8 Å². The summed E-state index contributed by atoms with van der Waals surface area (Å²) in [4.78, 5) is 0. The molecule has 47 valence electrons. The van der Waals surface area contributed by atoms with Crippen LogP contribution >= 0.6 is 0 Å². The monoisotopic (exact) mass is 187 g/mol. The third-order valence-corrected chi connectivity index (χ3v) is 0.805. The van der Waals surface area contributed by atoms with E-state index in [1.54, 1.807) is 0 Å². The summed E-state index contributed by atoms with van der Waals surface area (Å²) in [6.07, 6.45) is 1.14. The SMILES string of the molecule is [CH2-][C@H](C)C[C@H]([CH2-])C.[Y]. The molecule has 0 aliphatic carbocycles. The second-order valence-electron chi connectivity index (χ2n) is 2.45. The van der Waals surface area contributed by atoms with Crippen LogP contribution in [0, 0.1) is 25.7 Å². The molecule has 2 atom stereocenters. The summed E-state index contributed by atoms with van der Waals surface area (Å²) in [6.45, 7) is 11.9. The number of rotatable bonds is 2. The van der Waals surface area contributed by atoms with Crippen LogP contribution in [0.4, 0.5) is 0 Å². The molecule has 0 unspecified atom stereocenters. The Bertz CT molecular complexity index is 33.7. The van der Waals surface area contributed by atoms with E-state index in [1.807, 2.05) is 0 Å². The second-order valence-corrected chi connectivity index (χ2v) is 2.45. The van der Waals surface area contributed by atoms with Crippen LogP contribution in [0.1, 0.15) is 20.3 Å². The zero-order valence-corrected chi connectivity index (χ0v) is 8.69. The molecule has 0 aromatic rings. The van der Waals surface area contributed by atoms with Gasteiger partial charge in [0.2, 0.25) is 0 Å². The van der Waals surface area contributed by atoms with E-state index in [-0.39, 0.29) is 32.7 Å². The maximum absolute atomic E-state index is 3.84. The maximum atomic E-state index is 3.84. The van der Waals surface area contributed by atoms with E-state index in [4.69, 9.17) is 0 Å². The quantitative estimate of drug-likeness (QED) is 0.582. The molecule has 0 saturated heterocycles. The molecule has 1 heteroatoms. The molecule has 8 heavy (non-hydrogen) atoms. The minimum atomic E-state index is 0. The van der Waals surface area contributed by atoms with Crippen molar-refractivity contribution in [1.82, 2.24) is 0 Å². The molecule has 0 aliphatic rings. The standard InChI is InChI=1S/C7H14.Y/c1-6(2)5-7(3)4;/h6-7H,1,3,5H2,2,4H3;/q-2;/t6-,7-;/m1./s1. The Balaban J connectivity index is 0. The van der Waals surface area contributed by atoms with Gasteiger partial charge in [-0.3, -0.25) is 0 Å². The second kappa shape index (κ2) is 6.23. The molecular formula is C7H14Y-2. The fourth-order valence-corrected chi connectivity index (χ4v) is 0.687. The van der Waals surface area contributed by atoms with E-state index < -0.39 is 0 Å². The Morgan fingerprint density at radius 1 is 1.12 bits per heavy atom. The first-order valence-corrected chi connectivity index (χ1v) is 2.79. The molecule has 0 fully saturated rings. The topological polar surface area (TPSA) is 0 Å². The fraction of sp³-hybridized carbons (Fsp3) is 0.714. The van der Waals surface area contributed by atoms with Gasteiger partial charge >= 0.3 is 0 Å². The van der Waals surface area contributed by atoms with Gasteiger partial charge < -0.3 is 13.8 Å². The minimum Gasteiger partial charge on any atom is -0.341 e. The Hall–Kier alpha value is 1.10. The third kappa shape index (κ3) is 10.2. The molecule has 0 aromatic heterocycles. The predicted molar refractivity (Wildman–Crippen MR) is 33.7 cm³/mol. The van der Waals surface area contributed by atoms with Crippen LogP contribution in [0.5, 0.6) is 0 Å². The van der Waals surface area contributed by atoms with Crippen molar-refractivity contribution >= 4 is 0 Å². The minimum absolute atomic E-state index is 0. The van der Waals surface area contributed by atoms with Crippen molar-refractivity contribution in [2.75, 3.05) is 0 Å². The zero-order chi connectivity index (χ0) is 5.86. The molecule has 1 radical (unpaired) electrons. The van der Waals surface area contributed by atoms with Gasteiger partial charge in [-0.15, -0.1) is 6.42 Å². The Morgan fingerprint density at radius 2 is 1.38 bits per heavy atom. The van der Waals surface area contributed by atoms with Gasteiger partial charge in [0.05, 0.1) is 0 Å². The van der Waals surface area contributed by atoms with E-state index in [1.165, 1.54) is 0 Å². The van der Waals surface area contributed by atoms with E-state index >= 15 is 0 Å². The Labute approximate surface area is 78.3 Å². The molecule has 0 nitrogen and oxygen atoms in total. The normalized spacial score (nSPS) is 16.5. The average Bonchev–Trinajstić information content (AvgIpc) is 1.27. The smallest absolute Gasteiger partial charge is 0 e. The Kier molecular flexibility index (Phi) is 9.22. The van der Waals surface area contributed by atoms with Crippen LogP contribution in [0.15, 0.2) is 0 Å². The molecule has 0 spiro atoms. The maximum Gasteiger partial charge on any atom is 0 e. The van der Waals surface area contributed by atoms with Crippen LogP contribution in [0.25, 0.3) is 0 Å². The van der Waals surface area contributed by atoms with Gasteiger partial charge in [-0.2, -0.15) is 11.8 Å². The summed E-state index contributed by atoms with van der Waals surface area (Å²) in [7, 11) is 0. The summed E-state index contributed by atoms with van der Waals surface area (Å²) in [5, 5.41) is 0. The molecule has 0 amide bonds. The van der Waals surface area contributed by atoms with Gasteiger partial charge in [-0.05, 0) is 0 Å². The summed E-state index contributed by atoms with van der Waals surface area (Å²) < 4.78 is 0.